The summed E-state index contributed by atoms with van der Waals surface area (Å²) in [4.78, 5) is 4.63. The molecule has 0 aliphatic rings. The lowest BCUT2D eigenvalue weighted by molar-refractivity contribution is 0.414. The van der Waals surface area contributed by atoms with Gasteiger partial charge < -0.3 is 19.8 Å². The number of nitrogens with zero attached hydrogens (tertiary/aromatic N) is 1. The van der Waals surface area contributed by atoms with Gasteiger partial charge in [-0.15, -0.1) is 24.0 Å². The van der Waals surface area contributed by atoms with Crippen LogP contribution in [0.15, 0.2) is 64.2 Å². The fraction of sp³-hybridized carbons (Fsp3) is 0.316. The maximum Gasteiger partial charge on any atom is 0.191 e. The van der Waals surface area contributed by atoms with Gasteiger partial charge in [-0.2, -0.15) is 0 Å². The Kier molecular flexibility index (Phi) is 9.76. The highest BCUT2D eigenvalue weighted by molar-refractivity contribution is 14.0. The van der Waals surface area contributed by atoms with Crippen molar-refractivity contribution >= 4 is 29.9 Å². The molecule has 1 aromatic carbocycles. The maximum atomic E-state index is 5.34. The van der Waals surface area contributed by atoms with Gasteiger partial charge in [0.2, 0.25) is 0 Å². The summed E-state index contributed by atoms with van der Waals surface area (Å²) in [5, 5.41) is 6.59. The first kappa shape index (κ1) is 21.1. The molecular formula is C19H26IN3O2. The second kappa shape index (κ2) is 11.6. The fourth-order valence-electron chi connectivity index (χ4n) is 2.11. The number of aliphatic imine (C=N–C) groups is 1. The molecule has 1 heterocycles. The molecule has 0 saturated heterocycles. The molecule has 2 rings (SSSR count). The predicted molar refractivity (Wildman–Crippen MR) is 113 cm³/mol. The van der Waals surface area contributed by atoms with Crippen LogP contribution in [0.2, 0.25) is 0 Å². The first-order valence-electron chi connectivity index (χ1n) is 7.99. The molecule has 0 bridgehead atoms. The lowest BCUT2D eigenvalue weighted by Gasteiger charge is -2.12. The van der Waals surface area contributed by atoms with Crippen LogP contribution >= 0.6 is 24.0 Å². The van der Waals surface area contributed by atoms with Gasteiger partial charge in [-0.1, -0.05) is 24.3 Å². The minimum atomic E-state index is 0. The Balaban J connectivity index is 0.00000312. The van der Waals surface area contributed by atoms with E-state index in [2.05, 4.69) is 22.2 Å². The molecule has 0 atom stereocenters. The molecule has 0 fully saturated rings. The minimum Gasteiger partial charge on any atom is -0.497 e. The molecule has 6 heteroatoms. The smallest absolute Gasteiger partial charge is 0.191 e. The number of furan rings is 1. The molecule has 0 amide bonds. The number of nitrogens with one attached hydrogen (secondary N) is 2. The van der Waals surface area contributed by atoms with Gasteiger partial charge in [-0.05, 0) is 36.8 Å². The van der Waals surface area contributed by atoms with Gasteiger partial charge in [0.1, 0.15) is 11.5 Å². The molecule has 0 aliphatic carbocycles. The molecule has 2 aromatic rings. The molecule has 1 aromatic heterocycles. The van der Waals surface area contributed by atoms with E-state index >= 15 is 0 Å². The molecule has 25 heavy (non-hydrogen) atoms. The van der Waals surface area contributed by atoms with E-state index in [1.54, 1.807) is 13.4 Å². The van der Waals surface area contributed by atoms with E-state index in [1.165, 1.54) is 0 Å². The Hall–Kier alpha value is -1.96. The number of hydrogen-bond acceptors (Lipinski definition) is 3. The van der Waals surface area contributed by atoms with Crippen molar-refractivity contribution in [3.8, 4) is 5.75 Å². The lowest BCUT2D eigenvalue weighted by Crippen LogP contribution is -2.39. The van der Waals surface area contributed by atoms with Gasteiger partial charge in [0.15, 0.2) is 5.96 Å². The third-order valence-electron chi connectivity index (χ3n) is 3.36. The van der Waals surface area contributed by atoms with Crippen molar-refractivity contribution in [2.24, 2.45) is 4.99 Å². The average molecular weight is 455 g/mol. The highest BCUT2D eigenvalue weighted by Crippen LogP contribution is 2.13. The molecule has 136 valence electrons. The third kappa shape index (κ3) is 8.11. The van der Waals surface area contributed by atoms with Crippen LogP contribution in [-0.2, 0) is 13.0 Å². The SMILES string of the molecule is C=C(C)CNC(=NCc1cccc(OC)c1)NCCc1ccco1.I. The van der Waals surface area contributed by atoms with Gasteiger partial charge in [0, 0.05) is 19.5 Å². The second-order valence-electron chi connectivity index (χ2n) is 5.58. The summed E-state index contributed by atoms with van der Waals surface area (Å²) >= 11 is 0. The molecule has 0 aliphatic heterocycles. The Labute approximate surface area is 166 Å². The Morgan fingerprint density at radius 3 is 2.76 bits per heavy atom. The molecular weight excluding hydrogens is 429 g/mol. The van der Waals surface area contributed by atoms with Crippen LogP contribution in [0.5, 0.6) is 5.75 Å². The van der Waals surface area contributed by atoms with Gasteiger partial charge in [-0.3, -0.25) is 0 Å². The highest BCUT2D eigenvalue weighted by Gasteiger charge is 2.01. The number of methoxy groups -OCH3 is 1. The maximum absolute atomic E-state index is 5.34. The van der Waals surface area contributed by atoms with Crippen molar-refractivity contribution in [1.82, 2.24) is 10.6 Å². The molecule has 0 saturated carbocycles. The third-order valence-corrected chi connectivity index (χ3v) is 3.36. The average Bonchev–Trinajstić information content (AvgIpc) is 3.10. The van der Waals surface area contributed by atoms with Crippen molar-refractivity contribution in [1.29, 1.82) is 0 Å². The summed E-state index contributed by atoms with van der Waals surface area (Å²) in [5.41, 5.74) is 2.15. The largest absolute Gasteiger partial charge is 0.497 e. The van der Waals surface area contributed by atoms with Gasteiger partial charge in [-0.25, -0.2) is 4.99 Å². The number of rotatable bonds is 8. The minimum absolute atomic E-state index is 0. The number of guanidine groups is 1. The fourth-order valence-corrected chi connectivity index (χ4v) is 2.11. The zero-order valence-corrected chi connectivity index (χ0v) is 17.1. The number of benzene rings is 1. The lowest BCUT2D eigenvalue weighted by atomic mass is 10.2. The van der Waals surface area contributed by atoms with Crippen molar-refractivity contribution < 1.29 is 9.15 Å². The predicted octanol–water partition coefficient (Wildman–Crippen LogP) is 3.76. The zero-order chi connectivity index (χ0) is 17.2. The van der Waals surface area contributed by atoms with E-state index in [0.717, 1.165) is 41.6 Å². The van der Waals surface area contributed by atoms with Gasteiger partial charge >= 0.3 is 0 Å². The first-order chi connectivity index (χ1) is 11.7. The Bertz CT molecular complexity index is 669. The van der Waals surface area contributed by atoms with Crippen molar-refractivity contribution in [3.05, 3.63) is 66.1 Å². The van der Waals surface area contributed by atoms with E-state index < -0.39 is 0 Å². The summed E-state index contributed by atoms with van der Waals surface area (Å²) in [6.07, 6.45) is 2.49. The van der Waals surface area contributed by atoms with E-state index in [9.17, 15) is 0 Å². The quantitative estimate of drug-likeness (QED) is 0.276. The van der Waals surface area contributed by atoms with Crippen LogP contribution < -0.4 is 15.4 Å². The standard InChI is InChI=1S/C19H25N3O2.HI/c1-15(2)13-21-19(20-10-9-17-8-5-11-24-17)22-14-16-6-4-7-18(12-16)23-3;/h4-8,11-12H,1,9-10,13-14H2,2-3H3,(H2,20,21,22);1H. The van der Waals surface area contributed by atoms with Crippen molar-refractivity contribution in [2.45, 2.75) is 19.9 Å². The Morgan fingerprint density at radius 1 is 1.24 bits per heavy atom. The second-order valence-corrected chi connectivity index (χ2v) is 5.58. The van der Waals surface area contributed by atoms with Crippen molar-refractivity contribution in [2.75, 3.05) is 20.2 Å². The molecule has 0 unspecified atom stereocenters. The monoisotopic (exact) mass is 455 g/mol. The van der Waals surface area contributed by atoms with Crippen LogP contribution in [0.4, 0.5) is 0 Å². The van der Waals surface area contributed by atoms with Gasteiger partial charge in [0.25, 0.3) is 0 Å². The molecule has 0 radical (unpaired) electrons. The number of halogens is 1. The van der Waals surface area contributed by atoms with E-state index in [1.807, 2.05) is 43.3 Å². The van der Waals surface area contributed by atoms with Crippen molar-refractivity contribution in [3.63, 3.8) is 0 Å². The normalized spacial score (nSPS) is 10.7. The summed E-state index contributed by atoms with van der Waals surface area (Å²) in [6.45, 7) is 7.90. The van der Waals surface area contributed by atoms with E-state index in [-0.39, 0.29) is 24.0 Å². The first-order valence-corrected chi connectivity index (χ1v) is 7.99. The molecule has 2 N–H and O–H groups in total. The topological polar surface area (TPSA) is 58.8 Å². The highest BCUT2D eigenvalue weighted by atomic mass is 127. The summed E-state index contributed by atoms with van der Waals surface area (Å²) in [5.74, 6) is 2.55. The molecule has 5 nitrogen and oxygen atoms in total. The zero-order valence-electron chi connectivity index (χ0n) is 14.7. The van der Waals surface area contributed by atoms with Crippen LogP contribution in [-0.4, -0.2) is 26.2 Å². The summed E-state index contributed by atoms with van der Waals surface area (Å²) in [6, 6.07) is 11.8. The number of ether oxygens (including phenoxy) is 1. The summed E-state index contributed by atoms with van der Waals surface area (Å²) in [7, 11) is 1.67. The van der Waals surface area contributed by atoms with Crippen LogP contribution in [0.25, 0.3) is 0 Å². The molecule has 0 spiro atoms. The van der Waals surface area contributed by atoms with E-state index in [0.29, 0.717) is 13.1 Å². The van der Waals surface area contributed by atoms with Crippen LogP contribution in [0.3, 0.4) is 0 Å². The number of hydrogen-bond donors (Lipinski definition) is 2. The Morgan fingerprint density at radius 2 is 2.08 bits per heavy atom. The van der Waals surface area contributed by atoms with Crippen LogP contribution in [0, 0.1) is 0 Å². The van der Waals surface area contributed by atoms with Crippen LogP contribution in [0.1, 0.15) is 18.2 Å². The van der Waals surface area contributed by atoms with E-state index in [4.69, 9.17) is 9.15 Å². The van der Waals surface area contributed by atoms with Gasteiger partial charge in [0.05, 0.1) is 19.9 Å². The summed E-state index contributed by atoms with van der Waals surface area (Å²) < 4.78 is 10.6.